The van der Waals surface area contributed by atoms with Crippen molar-refractivity contribution in [1.29, 1.82) is 0 Å². The van der Waals surface area contributed by atoms with E-state index in [4.69, 9.17) is 9.47 Å². The van der Waals surface area contributed by atoms with Crippen molar-refractivity contribution in [3.05, 3.63) is 88.4 Å². The summed E-state index contributed by atoms with van der Waals surface area (Å²) in [4.78, 5) is 5.26. The lowest BCUT2D eigenvalue weighted by Gasteiger charge is -2.41. The number of aryl methyl sites for hydroxylation is 1. The fraction of sp³-hybridized carbons (Fsp3) is 0.556. The molecule has 0 radical (unpaired) electrons. The monoisotopic (exact) mass is 558 g/mol. The highest BCUT2D eigenvalue weighted by atomic mass is 16.5. The van der Waals surface area contributed by atoms with E-state index in [1.807, 2.05) is 12.1 Å². The summed E-state index contributed by atoms with van der Waals surface area (Å²) in [6.45, 7) is 7.83. The molecule has 3 aliphatic rings. The van der Waals surface area contributed by atoms with Crippen molar-refractivity contribution in [3.63, 3.8) is 0 Å². The smallest absolute Gasteiger partial charge is 0.158 e. The van der Waals surface area contributed by atoms with Crippen LogP contribution in [0.2, 0.25) is 0 Å². The molecule has 3 atom stereocenters. The van der Waals surface area contributed by atoms with Crippen molar-refractivity contribution in [2.45, 2.75) is 77.3 Å². The maximum absolute atomic E-state index is 9.98. The Bertz CT molecular complexity index is 1180. The van der Waals surface area contributed by atoms with E-state index in [0.717, 1.165) is 50.3 Å². The third kappa shape index (κ3) is 7.55. The number of methoxy groups -OCH3 is 2. The summed E-state index contributed by atoms with van der Waals surface area (Å²) < 4.78 is 11.6. The van der Waals surface area contributed by atoms with Gasteiger partial charge < -0.3 is 19.5 Å². The van der Waals surface area contributed by atoms with Gasteiger partial charge in [0.05, 0.1) is 14.2 Å². The molecule has 0 spiro atoms. The van der Waals surface area contributed by atoms with Gasteiger partial charge in [-0.1, -0.05) is 56.5 Å². The second-order valence-corrected chi connectivity index (χ2v) is 12.2. The van der Waals surface area contributed by atoms with Crippen LogP contribution in [0.15, 0.2) is 66.1 Å². The van der Waals surface area contributed by atoms with E-state index < -0.39 is 0 Å². The van der Waals surface area contributed by atoms with Gasteiger partial charge in [-0.25, -0.2) is 0 Å². The average Bonchev–Trinajstić information content (AvgIpc) is 2.99. The van der Waals surface area contributed by atoms with Crippen molar-refractivity contribution in [2.24, 2.45) is 11.8 Å². The zero-order chi connectivity index (χ0) is 28.6. The van der Waals surface area contributed by atoms with Gasteiger partial charge in [0.1, 0.15) is 5.75 Å². The first-order valence-corrected chi connectivity index (χ1v) is 15.9. The summed E-state index contributed by atoms with van der Waals surface area (Å²) in [7, 11) is 3.48. The lowest BCUT2D eigenvalue weighted by atomic mass is 9.72. The van der Waals surface area contributed by atoms with Crippen LogP contribution in [0.3, 0.4) is 0 Å². The molecule has 222 valence electrons. The molecule has 1 saturated heterocycles. The van der Waals surface area contributed by atoms with Crippen LogP contribution in [0.4, 0.5) is 0 Å². The number of aromatic hydroxyl groups is 1. The minimum atomic E-state index is 0.226. The van der Waals surface area contributed by atoms with Gasteiger partial charge in [-0.3, -0.25) is 4.90 Å². The minimum absolute atomic E-state index is 0.226. The maximum Gasteiger partial charge on any atom is 0.158 e. The SMILES string of the molecule is CCN(Cc1ccc(CCN2CCCCCCC2)cc1)C1C=C(OC)C(OC)=CC1[C@@H]1CCc2cc(O)ccc2C1. The van der Waals surface area contributed by atoms with E-state index in [1.165, 1.54) is 74.0 Å². The summed E-state index contributed by atoms with van der Waals surface area (Å²) in [5.74, 6) is 2.85. The van der Waals surface area contributed by atoms with Crippen LogP contribution in [-0.4, -0.2) is 61.3 Å². The van der Waals surface area contributed by atoms with Crippen LogP contribution < -0.4 is 0 Å². The molecule has 41 heavy (non-hydrogen) atoms. The van der Waals surface area contributed by atoms with E-state index in [-0.39, 0.29) is 6.04 Å². The summed E-state index contributed by atoms with van der Waals surface area (Å²) in [5, 5.41) is 9.98. The molecule has 1 N–H and O–H groups in total. The van der Waals surface area contributed by atoms with Crippen molar-refractivity contribution in [2.75, 3.05) is 40.4 Å². The molecular formula is C36H50N2O3. The normalized spacial score (nSPS) is 23.7. The molecule has 2 unspecified atom stereocenters. The molecule has 1 fully saturated rings. The lowest BCUT2D eigenvalue weighted by molar-refractivity contribution is 0.132. The number of ether oxygens (including phenoxy) is 2. The average molecular weight is 559 g/mol. The Morgan fingerprint density at radius 2 is 1.54 bits per heavy atom. The molecule has 2 aromatic carbocycles. The summed E-state index contributed by atoms with van der Waals surface area (Å²) in [5.41, 5.74) is 5.45. The molecule has 2 aliphatic carbocycles. The Balaban J connectivity index is 1.28. The lowest BCUT2D eigenvalue weighted by Crippen LogP contribution is -2.44. The number of nitrogens with zero attached hydrogens (tertiary/aromatic N) is 2. The summed E-state index contributed by atoms with van der Waals surface area (Å²) in [6, 6.07) is 15.5. The van der Waals surface area contributed by atoms with Crippen LogP contribution in [0.25, 0.3) is 0 Å². The van der Waals surface area contributed by atoms with Gasteiger partial charge in [0.15, 0.2) is 11.5 Å². The minimum Gasteiger partial charge on any atom is -0.508 e. The van der Waals surface area contributed by atoms with Crippen molar-refractivity contribution < 1.29 is 14.6 Å². The number of fused-ring (bicyclic) bond motifs is 1. The van der Waals surface area contributed by atoms with Gasteiger partial charge in [-0.2, -0.15) is 0 Å². The number of likely N-dealkylation sites (N-methyl/N-ethyl adjacent to an activating group) is 1. The number of phenols is 1. The predicted molar refractivity (Wildman–Crippen MR) is 167 cm³/mol. The van der Waals surface area contributed by atoms with Gasteiger partial charge in [-0.15, -0.1) is 0 Å². The van der Waals surface area contributed by atoms with Gasteiger partial charge in [0.2, 0.25) is 0 Å². The summed E-state index contributed by atoms with van der Waals surface area (Å²) >= 11 is 0. The first-order valence-electron chi connectivity index (χ1n) is 15.9. The summed E-state index contributed by atoms with van der Waals surface area (Å²) in [6.07, 6.45) is 15.8. The zero-order valence-corrected chi connectivity index (χ0v) is 25.5. The Morgan fingerprint density at radius 1 is 0.854 bits per heavy atom. The van der Waals surface area contributed by atoms with Crippen molar-refractivity contribution in [1.82, 2.24) is 9.80 Å². The molecule has 5 heteroatoms. The van der Waals surface area contributed by atoms with Crippen LogP contribution >= 0.6 is 0 Å². The predicted octanol–water partition coefficient (Wildman–Crippen LogP) is 6.89. The first kappa shape index (κ1) is 29.7. The molecule has 5 rings (SSSR count). The molecule has 0 saturated carbocycles. The molecule has 2 aromatic rings. The van der Waals surface area contributed by atoms with E-state index >= 15 is 0 Å². The van der Waals surface area contributed by atoms with Crippen LogP contribution in [0.1, 0.15) is 67.7 Å². The molecule has 0 amide bonds. The molecule has 1 aliphatic heterocycles. The highest BCUT2D eigenvalue weighted by molar-refractivity contribution is 5.38. The van der Waals surface area contributed by atoms with E-state index in [1.54, 1.807) is 14.2 Å². The molecule has 5 nitrogen and oxygen atoms in total. The standard InChI is InChI=1S/C36H50N2O3/c1-4-38(26-28-12-10-27(11-13-28)18-21-37-19-8-6-5-7-9-20-37)34-25-36(41-3)35(40-2)24-33(34)31-15-14-30-23-32(39)17-16-29(30)22-31/h10-13,16-17,23-25,31,33-34,39H,4-9,14-15,18-22,26H2,1-3H3/t31-,33?,34?/m1/s1. The van der Waals surface area contributed by atoms with Crippen molar-refractivity contribution in [3.8, 4) is 5.75 Å². The van der Waals surface area contributed by atoms with Gasteiger partial charge in [0.25, 0.3) is 0 Å². The fourth-order valence-electron chi connectivity index (χ4n) is 7.20. The fourth-order valence-corrected chi connectivity index (χ4v) is 7.20. The van der Waals surface area contributed by atoms with Crippen LogP contribution in [0.5, 0.6) is 5.75 Å². The van der Waals surface area contributed by atoms with Crippen LogP contribution in [0, 0.1) is 11.8 Å². The number of phenolic OH excluding ortho intramolecular Hbond substituents is 1. The Hall–Kier alpha value is -2.76. The number of rotatable bonds is 10. The second kappa shape index (κ2) is 14.4. The van der Waals surface area contributed by atoms with Crippen molar-refractivity contribution >= 4 is 0 Å². The van der Waals surface area contributed by atoms with E-state index in [2.05, 4.69) is 59.2 Å². The Morgan fingerprint density at radius 3 is 2.24 bits per heavy atom. The quantitative estimate of drug-likeness (QED) is 0.344. The second-order valence-electron chi connectivity index (χ2n) is 12.2. The van der Waals surface area contributed by atoms with E-state index in [0.29, 0.717) is 17.6 Å². The van der Waals surface area contributed by atoms with E-state index in [9.17, 15) is 5.11 Å². The number of likely N-dealkylation sites (tertiary alicyclic amines) is 1. The molecule has 0 aromatic heterocycles. The molecular weight excluding hydrogens is 508 g/mol. The largest absolute Gasteiger partial charge is 0.508 e. The van der Waals surface area contributed by atoms with Gasteiger partial charge in [0, 0.05) is 25.0 Å². The number of hydrogen-bond acceptors (Lipinski definition) is 5. The van der Waals surface area contributed by atoms with Gasteiger partial charge >= 0.3 is 0 Å². The third-order valence-electron chi connectivity index (χ3n) is 9.65. The first-order chi connectivity index (χ1) is 20.1. The highest BCUT2D eigenvalue weighted by Crippen LogP contribution is 2.39. The topological polar surface area (TPSA) is 45.2 Å². The third-order valence-corrected chi connectivity index (χ3v) is 9.65. The number of hydrogen-bond donors (Lipinski definition) is 1. The number of benzene rings is 2. The molecule has 1 heterocycles. The molecule has 0 bridgehead atoms. The zero-order valence-electron chi connectivity index (χ0n) is 25.5. The maximum atomic E-state index is 9.98. The van der Waals surface area contributed by atoms with Gasteiger partial charge in [-0.05, 0) is 111 Å². The Labute approximate surface area is 247 Å². The van der Waals surface area contributed by atoms with Crippen LogP contribution in [-0.2, 0) is 35.3 Å². The Kier molecular flexibility index (Phi) is 10.5. The highest BCUT2D eigenvalue weighted by Gasteiger charge is 2.37.